The molecule has 0 aliphatic carbocycles. The zero-order valence-electron chi connectivity index (χ0n) is 13.4. The Morgan fingerprint density at radius 1 is 0.885 bits per heavy atom. The number of hydrogen-bond donors (Lipinski definition) is 0. The fraction of sp³-hybridized carbons (Fsp3) is 0. The molecule has 0 fully saturated rings. The number of halogens is 3. The van der Waals surface area contributed by atoms with E-state index in [9.17, 15) is 4.79 Å². The lowest BCUT2D eigenvalue weighted by Crippen LogP contribution is -2.30. The minimum absolute atomic E-state index is 0.127. The van der Waals surface area contributed by atoms with Crippen molar-refractivity contribution in [1.82, 2.24) is 0 Å². The van der Waals surface area contributed by atoms with Crippen molar-refractivity contribution in [2.75, 3.05) is 4.90 Å². The molecule has 0 heterocycles. The number of carbonyl (C=O) groups is 1. The van der Waals surface area contributed by atoms with Crippen molar-refractivity contribution < 1.29 is 4.79 Å². The molecule has 3 rings (SSSR count). The Morgan fingerprint density at radius 3 is 2.08 bits per heavy atom. The van der Waals surface area contributed by atoms with Gasteiger partial charge in [-0.05, 0) is 83.3 Å². The van der Waals surface area contributed by atoms with Gasteiger partial charge >= 0.3 is 0 Å². The maximum absolute atomic E-state index is 13.1. The highest BCUT2D eigenvalue weighted by Crippen LogP contribution is 2.23. The van der Waals surface area contributed by atoms with Crippen molar-refractivity contribution >= 4 is 78.1 Å². The fourth-order valence-electron chi connectivity index (χ4n) is 2.25. The average molecular weight is 584 g/mol. The highest BCUT2D eigenvalue weighted by atomic mass is 127. The number of hydrogen-bond acceptors (Lipinski definition) is 2. The third-order valence-electron chi connectivity index (χ3n) is 3.58. The molecule has 0 unspecified atom stereocenters. The summed E-state index contributed by atoms with van der Waals surface area (Å²) in [6.45, 7) is 0. The van der Waals surface area contributed by atoms with Gasteiger partial charge < -0.3 is 0 Å². The molecule has 130 valence electrons. The number of anilines is 1. The van der Waals surface area contributed by atoms with E-state index in [-0.39, 0.29) is 5.91 Å². The Bertz CT molecular complexity index is 941. The molecule has 0 N–H and O–H groups in total. The van der Waals surface area contributed by atoms with E-state index in [0.29, 0.717) is 5.56 Å². The summed E-state index contributed by atoms with van der Waals surface area (Å²) in [5.41, 5.74) is 2.16. The fourth-order valence-corrected chi connectivity index (χ4v) is 3.40. The number of carbonyl (C=O) groups excluding carboxylic acids is 1. The van der Waals surface area contributed by atoms with Crippen LogP contribution in [0.25, 0.3) is 0 Å². The van der Waals surface area contributed by atoms with Crippen LogP contribution in [-0.2, 0) is 0 Å². The molecule has 0 saturated carbocycles. The largest absolute Gasteiger partial charge is 0.268 e. The smallest absolute Gasteiger partial charge is 0.264 e. The lowest BCUT2D eigenvalue weighted by Gasteiger charge is -2.18. The van der Waals surface area contributed by atoms with E-state index in [1.165, 1.54) is 0 Å². The van der Waals surface area contributed by atoms with E-state index in [2.05, 4.69) is 59.4 Å². The highest BCUT2D eigenvalue weighted by Gasteiger charge is 2.18. The summed E-state index contributed by atoms with van der Waals surface area (Å²) in [6.07, 6.45) is 1.57. The molecule has 3 aromatic carbocycles. The van der Waals surface area contributed by atoms with Crippen LogP contribution in [0.4, 0.5) is 11.4 Å². The number of rotatable bonds is 4. The summed E-state index contributed by atoms with van der Waals surface area (Å²) < 4.78 is 2.83. The first-order chi connectivity index (χ1) is 12.5. The Labute approximate surface area is 182 Å². The molecule has 3 aromatic rings. The van der Waals surface area contributed by atoms with Crippen molar-refractivity contribution in [3.8, 4) is 0 Å². The summed E-state index contributed by atoms with van der Waals surface area (Å²) >= 11 is 9.01. The normalized spacial score (nSPS) is 10.9. The van der Waals surface area contributed by atoms with Gasteiger partial charge in [0, 0.05) is 12.5 Å². The SMILES string of the molecule is O=C(c1ccccc1I)N(C=Nc1ccc(Br)cc1)c1ccc(Br)cc1. The van der Waals surface area contributed by atoms with Crippen molar-refractivity contribution in [3.05, 3.63) is 90.9 Å². The molecule has 0 atom stereocenters. The predicted molar refractivity (Wildman–Crippen MR) is 122 cm³/mol. The molecule has 26 heavy (non-hydrogen) atoms. The van der Waals surface area contributed by atoms with Crippen molar-refractivity contribution in [2.45, 2.75) is 0 Å². The first kappa shape index (κ1) is 19.3. The summed E-state index contributed by atoms with van der Waals surface area (Å²) in [7, 11) is 0. The quantitative estimate of drug-likeness (QED) is 0.188. The van der Waals surface area contributed by atoms with Crippen LogP contribution in [0.1, 0.15) is 10.4 Å². The van der Waals surface area contributed by atoms with Gasteiger partial charge in [-0.2, -0.15) is 0 Å². The van der Waals surface area contributed by atoms with Gasteiger partial charge in [-0.3, -0.25) is 9.69 Å². The van der Waals surface area contributed by atoms with Crippen LogP contribution in [0.5, 0.6) is 0 Å². The molecule has 0 bridgehead atoms. The van der Waals surface area contributed by atoms with E-state index in [1.54, 1.807) is 11.2 Å². The second kappa shape index (κ2) is 8.92. The lowest BCUT2D eigenvalue weighted by atomic mass is 10.2. The standard InChI is InChI=1S/C20H13Br2IN2O/c21-14-5-9-16(10-6-14)24-13-25(17-11-7-15(22)8-12-17)20(26)18-3-1-2-4-19(18)23/h1-13H. The monoisotopic (exact) mass is 582 g/mol. The summed E-state index contributed by atoms with van der Waals surface area (Å²) in [5, 5.41) is 0. The molecule has 0 spiro atoms. The molecule has 3 nitrogen and oxygen atoms in total. The Morgan fingerprint density at radius 2 is 1.46 bits per heavy atom. The lowest BCUT2D eigenvalue weighted by molar-refractivity contribution is 0.100. The van der Waals surface area contributed by atoms with Gasteiger partial charge in [0.1, 0.15) is 6.34 Å². The minimum Gasteiger partial charge on any atom is -0.268 e. The zero-order chi connectivity index (χ0) is 18.5. The third-order valence-corrected chi connectivity index (χ3v) is 5.57. The van der Waals surface area contributed by atoms with E-state index in [4.69, 9.17) is 0 Å². The molecule has 0 saturated heterocycles. The molecule has 0 aliphatic rings. The number of benzene rings is 3. The van der Waals surface area contributed by atoms with Crippen LogP contribution in [0.3, 0.4) is 0 Å². The van der Waals surface area contributed by atoms with Crippen molar-refractivity contribution in [1.29, 1.82) is 0 Å². The second-order valence-corrected chi connectivity index (χ2v) is 8.35. The molecular formula is C20H13Br2IN2O. The molecule has 1 amide bonds. The Balaban J connectivity index is 1.99. The molecule has 0 aliphatic heterocycles. The number of aliphatic imine (C=N–C) groups is 1. The number of nitrogens with zero attached hydrogens (tertiary/aromatic N) is 2. The summed E-state index contributed by atoms with van der Waals surface area (Å²) in [5.74, 6) is -0.127. The zero-order valence-corrected chi connectivity index (χ0v) is 18.8. The second-order valence-electron chi connectivity index (χ2n) is 5.35. The average Bonchev–Trinajstić information content (AvgIpc) is 2.65. The highest BCUT2D eigenvalue weighted by molar-refractivity contribution is 14.1. The maximum atomic E-state index is 13.1. The van der Waals surface area contributed by atoms with Gasteiger partial charge in [-0.1, -0.05) is 44.0 Å². The van der Waals surface area contributed by atoms with Crippen molar-refractivity contribution in [2.24, 2.45) is 4.99 Å². The van der Waals surface area contributed by atoms with Crippen LogP contribution in [0.15, 0.2) is 86.7 Å². The topological polar surface area (TPSA) is 32.7 Å². The summed E-state index contributed by atoms with van der Waals surface area (Å²) in [6, 6.07) is 22.7. The molecule has 6 heteroatoms. The summed E-state index contributed by atoms with van der Waals surface area (Å²) in [4.78, 5) is 19.2. The Kier molecular flexibility index (Phi) is 6.61. The van der Waals surface area contributed by atoms with Crippen LogP contribution >= 0.6 is 54.5 Å². The van der Waals surface area contributed by atoms with E-state index in [0.717, 1.165) is 23.9 Å². The van der Waals surface area contributed by atoms with Crippen LogP contribution in [-0.4, -0.2) is 12.2 Å². The molecular weight excluding hydrogens is 571 g/mol. The van der Waals surface area contributed by atoms with E-state index < -0.39 is 0 Å². The van der Waals surface area contributed by atoms with Crippen LogP contribution in [0, 0.1) is 3.57 Å². The van der Waals surface area contributed by atoms with E-state index in [1.807, 2.05) is 72.8 Å². The van der Waals surface area contributed by atoms with Gasteiger partial charge in [0.2, 0.25) is 0 Å². The first-order valence-electron chi connectivity index (χ1n) is 7.68. The minimum atomic E-state index is -0.127. The van der Waals surface area contributed by atoms with Crippen LogP contribution < -0.4 is 4.90 Å². The Hall–Kier alpha value is -1.51. The van der Waals surface area contributed by atoms with E-state index >= 15 is 0 Å². The van der Waals surface area contributed by atoms with Gasteiger partial charge in [-0.15, -0.1) is 0 Å². The number of amides is 1. The third kappa shape index (κ3) is 4.81. The maximum Gasteiger partial charge on any atom is 0.264 e. The van der Waals surface area contributed by atoms with Gasteiger partial charge in [0.25, 0.3) is 5.91 Å². The molecule has 0 aromatic heterocycles. The van der Waals surface area contributed by atoms with Crippen molar-refractivity contribution in [3.63, 3.8) is 0 Å². The van der Waals surface area contributed by atoms with Crippen LogP contribution in [0.2, 0.25) is 0 Å². The van der Waals surface area contributed by atoms with Gasteiger partial charge in [0.05, 0.1) is 16.9 Å². The van der Waals surface area contributed by atoms with Gasteiger partial charge in [-0.25, -0.2) is 4.99 Å². The molecule has 0 radical (unpaired) electrons. The van der Waals surface area contributed by atoms with Gasteiger partial charge in [0.15, 0.2) is 0 Å². The first-order valence-corrected chi connectivity index (χ1v) is 10.3. The predicted octanol–water partition coefficient (Wildman–Crippen LogP) is 6.82.